The number of hydrogen-bond acceptors (Lipinski definition) is 3. The first-order valence-corrected chi connectivity index (χ1v) is 25.5. The zero-order valence-electron chi connectivity index (χ0n) is 40.1. The minimum atomic E-state index is -0.273. The van der Waals surface area contributed by atoms with Crippen LogP contribution < -0.4 is 0 Å². The van der Waals surface area contributed by atoms with Crippen LogP contribution in [-0.2, 0) is 6.42 Å². The van der Waals surface area contributed by atoms with Crippen LogP contribution in [0.3, 0.4) is 0 Å². The quantitative estimate of drug-likeness (QED) is 0.157. The van der Waals surface area contributed by atoms with Crippen LogP contribution in [-0.4, -0.2) is 11.5 Å². The molecule has 342 valence electrons. The van der Waals surface area contributed by atoms with Gasteiger partial charge in [0.05, 0.1) is 11.8 Å². The van der Waals surface area contributed by atoms with Crippen molar-refractivity contribution >= 4 is 65.8 Å². The van der Waals surface area contributed by atoms with Crippen LogP contribution in [0.4, 0.5) is 0 Å². The lowest BCUT2D eigenvalue weighted by atomic mass is 9.75. The summed E-state index contributed by atoms with van der Waals surface area (Å²) in [6.45, 7) is 2.31. The van der Waals surface area contributed by atoms with E-state index in [1.165, 1.54) is 76.8 Å². The Morgan fingerprint density at radius 3 is 1.76 bits per heavy atom. The first-order valence-electron chi connectivity index (χ1n) is 25.5. The van der Waals surface area contributed by atoms with Gasteiger partial charge in [-0.25, -0.2) is 4.99 Å². The maximum Gasteiger partial charge on any atom is 0.155 e. The van der Waals surface area contributed by atoms with Gasteiger partial charge in [-0.2, -0.15) is 0 Å². The molecule has 0 bridgehead atoms. The maximum atomic E-state index is 7.03. The Morgan fingerprint density at radius 1 is 0.431 bits per heavy atom. The van der Waals surface area contributed by atoms with Crippen LogP contribution in [0.2, 0.25) is 0 Å². The summed E-state index contributed by atoms with van der Waals surface area (Å²) in [7, 11) is 0. The summed E-state index contributed by atoms with van der Waals surface area (Å²) in [5.41, 5.74) is 17.6. The van der Waals surface area contributed by atoms with Crippen molar-refractivity contribution in [3.63, 3.8) is 0 Å². The number of furan rings is 1. The van der Waals surface area contributed by atoms with E-state index in [1.54, 1.807) is 0 Å². The van der Waals surface area contributed by atoms with Gasteiger partial charge in [0.25, 0.3) is 0 Å². The Labute approximate surface area is 419 Å². The van der Waals surface area contributed by atoms with Crippen molar-refractivity contribution in [3.8, 4) is 33.4 Å². The summed E-state index contributed by atoms with van der Waals surface area (Å²) in [6, 6.07) is 84.3. The van der Waals surface area contributed by atoms with Crippen LogP contribution in [0.15, 0.2) is 245 Å². The Balaban J connectivity index is 1.03. The molecule has 1 aliphatic heterocycles. The molecule has 72 heavy (non-hydrogen) atoms. The molecule has 0 fully saturated rings. The molecule has 11 aromatic carbocycles. The third-order valence-corrected chi connectivity index (χ3v) is 15.7. The SMILES string of the molecule is CCC1C(c2ccc(-c3ccccc3)cc2)=NC(c2cccc(-c3ccccc3)c2)=NC1c1cc2oc3cc4ccccc4cc3c2cc1[C@@H]1CCc2cc3ccccc3cc2-c2ccc3ccccc3c21. The predicted molar refractivity (Wildman–Crippen MR) is 302 cm³/mol. The van der Waals surface area contributed by atoms with Gasteiger partial charge >= 0.3 is 0 Å². The number of hydrogen-bond donors (Lipinski definition) is 0. The lowest BCUT2D eigenvalue weighted by Gasteiger charge is -2.33. The molecule has 0 spiro atoms. The third-order valence-electron chi connectivity index (χ3n) is 15.7. The maximum absolute atomic E-state index is 7.03. The molecule has 3 atom stereocenters. The summed E-state index contributed by atoms with van der Waals surface area (Å²) in [4.78, 5) is 11.6. The molecule has 1 aliphatic carbocycles. The van der Waals surface area contributed by atoms with E-state index in [2.05, 4.69) is 237 Å². The average Bonchev–Trinajstić information content (AvgIpc) is 3.71. The fraction of sp³-hybridized carbons (Fsp3) is 0.101. The largest absolute Gasteiger partial charge is 0.456 e. The topological polar surface area (TPSA) is 37.9 Å². The van der Waals surface area contributed by atoms with Crippen LogP contribution in [0.5, 0.6) is 0 Å². The molecule has 2 unspecified atom stereocenters. The van der Waals surface area contributed by atoms with Gasteiger partial charge in [-0.05, 0) is 149 Å². The van der Waals surface area contributed by atoms with E-state index in [4.69, 9.17) is 14.4 Å². The Bertz CT molecular complexity index is 4140. The van der Waals surface area contributed by atoms with E-state index in [-0.39, 0.29) is 17.9 Å². The number of nitrogens with zero attached hydrogens (tertiary/aromatic N) is 2. The smallest absolute Gasteiger partial charge is 0.155 e. The number of rotatable bonds is 7. The molecule has 12 aromatic rings. The highest BCUT2D eigenvalue weighted by atomic mass is 16.3. The lowest BCUT2D eigenvalue weighted by Crippen LogP contribution is -2.29. The molecule has 0 saturated carbocycles. The molecule has 0 radical (unpaired) electrons. The minimum Gasteiger partial charge on any atom is -0.456 e. The van der Waals surface area contributed by atoms with Gasteiger partial charge < -0.3 is 4.42 Å². The van der Waals surface area contributed by atoms with Crippen molar-refractivity contribution in [2.75, 3.05) is 0 Å². The van der Waals surface area contributed by atoms with Crippen molar-refractivity contribution in [2.45, 2.75) is 38.1 Å². The molecule has 3 nitrogen and oxygen atoms in total. The van der Waals surface area contributed by atoms with Gasteiger partial charge in [0.2, 0.25) is 0 Å². The second-order valence-electron chi connectivity index (χ2n) is 19.8. The van der Waals surface area contributed by atoms with E-state index >= 15 is 0 Å². The second-order valence-corrected chi connectivity index (χ2v) is 19.8. The van der Waals surface area contributed by atoms with Crippen molar-refractivity contribution in [2.24, 2.45) is 15.9 Å². The summed E-state index contributed by atoms with van der Waals surface area (Å²) in [6.07, 6.45) is 2.71. The average molecular weight is 923 g/mol. The molecule has 1 aromatic heterocycles. The van der Waals surface area contributed by atoms with Crippen LogP contribution >= 0.6 is 0 Å². The molecule has 2 heterocycles. The molecular weight excluding hydrogens is 873 g/mol. The Morgan fingerprint density at radius 2 is 1.01 bits per heavy atom. The second kappa shape index (κ2) is 17.3. The van der Waals surface area contributed by atoms with Crippen molar-refractivity contribution < 1.29 is 4.42 Å². The number of benzene rings is 11. The summed E-state index contributed by atoms with van der Waals surface area (Å²) in [5.74, 6) is 0.755. The number of fused-ring (bicyclic) bond motifs is 10. The highest BCUT2D eigenvalue weighted by molar-refractivity contribution is 6.16. The van der Waals surface area contributed by atoms with Crippen molar-refractivity contribution in [1.82, 2.24) is 0 Å². The van der Waals surface area contributed by atoms with E-state index in [0.717, 1.165) is 75.0 Å². The van der Waals surface area contributed by atoms with Gasteiger partial charge in [0.1, 0.15) is 11.2 Å². The first kappa shape index (κ1) is 42.2. The van der Waals surface area contributed by atoms with Crippen molar-refractivity contribution in [1.29, 1.82) is 0 Å². The van der Waals surface area contributed by atoms with Gasteiger partial charge in [-0.15, -0.1) is 0 Å². The number of amidine groups is 1. The van der Waals surface area contributed by atoms with Crippen LogP contribution in [0.1, 0.15) is 65.1 Å². The summed E-state index contributed by atoms with van der Waals surface area (Å²) < 4.78 is 7.03. The van der Waals surface area contributed by atoms with Crippen molar-refractivity contribution in [3.05, 3.63) is 264 Å². The van der Waals surface area contributed by atoms with E-state index in [1.807, 2.05) is 0 Å². The normalized spacial score (nSPS) is 16.7. The zero-order chi connectivity index (χ0) is 47.7. The lowest BCUT2D eigenvalue weighted by molar-refractivity contribution is 0.524. The van der Waals surface area contributed by atoms with Gasteiger partial charge in [-0.3, -0.25) is 4.99 Å². The molecule has 0 saturated heterocycles. The number of aliphatic imine (C=N–C) groups is 2. The van der Waals surface area contributed by atoms with E-state index < -0.39 is 0 Å². The first-order chi connectivity index (χ1) is 35.6. The molecule has 14 rings (SSSR count). The Kier molecular flexibility index (Phi) is 10.2. The van der Waals surface area contributed by atoms with Gasteiger partial charge in [0.15, 0.2) is 5.84 Å². The molecule has 0 N–H and O–H groups in total. The van der Waals surface area contributed by atoms with Gasteiger partial charge in [-0.1, -0.05) is 201 Å². The molecular formula is C69H50N2O. The Hall–Kier alpha value is -8.66. The third kappa shape index (κ3) is 7.18. The van der Waals surface area contributed by atoms with Crippen LogP contribution in [0, 0.1) is 5.92 Å². The van der Waals surface area contributed by atoms with E-state index in [0.29, 0.717) is 0 Å². The summed E-state index contributed by atoms with van der Waals surface area (Å²) in [5, 5.41) is 9.75. The zero-order valence-corrected chi connectivity index (χ0v) is 40.1. The minimum absolute atomic E-state index is 0.0305. The predicted octanol–water partition coefficient (Wildman–Crippen LogP) is 18.1. The highest BCUT2D eigenvalue weighted by Gasteiger charge is 2.37. The number of aryl methyl sites for hydroxylation is 1. The fourth-order valence-electron chi connectivity index (χ4n) is 12.2. The fourth-order valence-corrected chi connectivity index (χ4v) is 12.2. The summed E-state index contributed by atoms with van der Waals surface area (Å²) >= 11 is 0. The standard InChI is InChI=1S/C69H50N2O/c1-2-55-67(47-30-28-45(29-31-47)43-16-5-3-6-17-43)70-69(54-26-15-25-48(37-54)44-18-7-4-8-19-44)71-68(55)63-42-65-62(61-39-51-23-11-12-24-52(51)40-64(61)72-65)41-60(63)58-35-33-53-36-49-21-9-10-22-50(49)38-59(53)57-34-32-46-20-13-14-27-56(46)66(57)58/h3-32,34,36-42,55,58,68H,2,33,35H2,1H3/t55?,58-,68?/m0/s1. The molecule has 0 amide bonds. The molecule has 2 aliphatic rings. The van der Waals surface area contributed by atoms with E-state index in [9.17, 15) is 0 Å². The van der Waals surface area contributed by atoms with Gasteiger partial charge in [0, 0.05) is 28.2 Å². The van der Waals surface area contributed by atoms with Crippen LogP contribution in [0.25, 0.3) is 87.6 Å². The molecule has 3 heteroatoms. The highest BCUT2D eigenvalue weighted by Crippen LogP contribution is 2.51. The monoisotopic (exact) mass is 922 g/mol.